The molecule has 1 aliphatic heterocycles. The van der Waals surface area contributed by atoms with Crippen molar-refractivity contribution >= 4 is 11.7 Å². The quantitative estimate of drug-likeness (QED) is 0.347. The van der Waals surface area contributed by atoms with Gasteiger partial charge >= 0.3 is 5.69 Å². The molecule has 4 N–H and O–H groups in total. The molecule has 0 aromatic carbocycles. The van der Waals surface area contributed by atoms with E-state index in [4.69, 9.17) is 16.0 Å². The molecule has 4 atom stereocenters. The Kier molecular flexibility index (Phi) is 3.42. The number of azide groups is 1. The number of nitrogens with two attached hydrogens (primary N) is 1. The summed E-state index contributed by atoms with van der Waals surface area (Å²) in [5.74, 6) is -0.109. The van der Waals surface area contributed by atoms with E-state index in [1.807, 2.05) is 0 Å². The van der Waals surface area contributed by atoms with Crippen LogP contribution in [0, 0.1) is 0 Å². The molecule has 12 heteroatoms. The van der Waals surface area contributed by atoms with Crippen LogP contribution in [0.15, 0.2) is 22.3 Å². The highest BCUT2D eigenvalue weighted by Crippen LogP contribution is 2.30. The van der Waals surface area contributed by atoms with Crippen LogP contribution in [0.5, 0.6) is 0 Å². The van der Waals surface area contributed by atoms with Crippen molar-refractivity contribution in [1.82, 2.24) is 18.9 Å². The van der Waals surface area contributed by atoms with Crippen molar-refractivity contribution in [3.05, 3.63) is 33.3 Å². The van der Waals surface area contributed by atoms with E-state index in [1.165, 1.54) is 17.0 Å². The number of aliphatic hydroxyl groups excluding tert-OH is 2. The number of anilines is 1. The maximum absolute atomic E-state index is 11.7. The molecule has 116 valence electrons. The van der Waals surface area contributed by atoms with Gasteiger partial charge in [0.15, 0.2) is 6.23 Å². The molecule has 1 fully saturated rings. The molecule has 0 aliphatic carbocycles. The van der Waals surface area contributed by atoms with Crippen molar-refractivity contribution in [3.63, 3.8) is 0 Å². The molecule has 12 nitrogen and oxygen atoms in total. The summed E-state index contributed by atoms with van der Waals surface area (Å²) in [5.41, 5.74) is 13.1. The van der Waals surface area contributed by atoms with Crippen LogP contribution in [0.3, 0.4) is 0 Å². The number of aliphatic hydroxyl groups is 2. The van der Waals surface area contributed by atoms with Crippen LogP contribution in [-0.4, -0.2) is 54.0 Å². The fourth-order valence-corrected chi connectivity index (χ4v) is 2.36. The monoisotopic (exact) mass is 308 g/mol. The maximum Gasteiger partial charge on any atom is 0.357 e. The lowest BCUT2D eigenvalue weighted by Gasteiger charge is -2.16. The van der Waals surface area contributed by atoms with Crippen LogP contribution in [0.2, 0.25) is 0 Å². The minimum absolute atomic E-state index is 0.109. The minimum atomic E-state index is -1.29. The Hall–Kier alpha value is -2.66. The molecular weight excluding hydrogens is 296 g/mol. The Morgan fingerprint density at radius 3 is 2.91 bits per heavy atom. The fourth-order valence-electron chi connectivity index (χ4n) is 2.36. The molecule has 0 radical (unpaired) electrons. The lowest BCUT2D eigenvalue weighted by atomic mass is 10.1. The second kappa shape index (κ2) is 5.27. The normalized spacial score (nSPS) is 27.9. The van der Waals surface area contributed by atoms with Gasteiger partial charge in [-0.25, -0.2) is 9.20 Å². The Morgan fingerprint density at radius 1 is 1.41 bits per heavy atom. The van der Waals surface area contributed by atoms with Crippen LogP contribution < -0.4 is 11.4 Å². The second-order valence-corrected chi connectivity index (χ2v) is 4.70. The van der Waals surface area contributed by atoms with Crippen molar-refractivity contribution in [2.45, 2.75) is 24.5 Å². The zero-order chi connectivity index (χ0) is 15.9. The highest BCUT2D eigenvalue weighted by Gasteiger charge is 2.43. The van der Waals surface area contributed by atoms with Gasteiger partial charge in [-0.2, -0.15) is 9.97 Å². The highest BCUT2D eigenvalue weighted by molar-refractivity contribution is 5.35. The number of nitrogen functional groups attached to an aromatic ring is 1. The van der Waals surface area contributed by atoms with Crippen LogP contribution >= 0.6 is 0 Å². The number of fused-ring (bicyclic) bond motifs is 1. The highest BCUT2D eigenvalue weighted by atomic mass is 16.6. The topological polar surface area (TPSA) is 177 Å². The van der Waals surface area contributed by atoms with Gasteiger partial charge in [-0.15, -0.1) is 0 Å². The third kappa shape index (κ3) is 2.16. The van der Waals surface area contributed by atoms with E-state index in [9.17, 15) is 15.0 Å². The fraction of sp³-hybridized carbons (Fsp3) is 0.500. The third-order valence-electron chi connectivity index (χ3n) is 3.39. The van der Waals surface area contributed by atoms with Gasteiger partial charge in [-0.05, 0) is 5.53 Å². The van der Waals surface area contributed by atoms with Crippen molar-refractivity contribution in [2.24, 2.45) is 5.11 Å². The number of aromatic nitrogens is 4. The van der Waals surface area contributed by atoms with Gasteiger partial charge in [0, 0.05) is 17.3 Å². The molecule has 0 saturated carbocycles. The average molecular weight is 308 g/mol. The number of hydrogen-bond donors (Lipinski definition) is 3. The molecule has 2 aromatic heterocycles. The number of rotatable bonds is 3. The van der Waals surface area contributed by atoms with Crippen LogP contribution in [0.25, 0.3) is 16.2 Å². The Morgan fingerprint density at radius 2 is 2.18 bits per heavy atom. The third-order valence-corrected chi connectivity index (χ3v) is 3.39. The van der Waals surface area contributed by atoms with E-state index in [0.29, 0.717) is 0 Å². The molecule has 1 saturated heterocycles. The smallest absolute Gasteiger partial charge is 0.357 e. The maximum atomic E-state index is 11.7. The van der Waals surface area contributed by atoms with Gasteiger partial charge in [-0.3, -0.25) is 4.57 Å². The van der Waals surface area contributed by atoms with Crippen LogP contribution in [0.4, 0.5) is 5.95 Å². The summed E-state index contributed by atoms with van der Waals surface area (Å²) in [7, 11) is 0. The number of imidazole rings is 1. The summed E-state index contributed by atoms with van der Waals surface area (Å²) in [6.07, 6.45) is -1.58. The summed E-state index contributed by atoms with van der Waals surface area (Å²) >= 11 is 0. The Balaban J connectivity index is 2.01. The van der Waals surface area contributed by atoms with Gasteiger partial charge < -0.3 is 20.7 Å². The first-order valence-corrected chi connectivity index (χ1v) is 6.28. The summed E-state index contributed by atoms with van der Waals surface area (Å²) < 4.78 is 7.98. The van der Waals surface area contributed by atoms with Gasteiger partial charge in [0.05, 0.1) is 12.6 Å². The molecule has 4 unspecified atom stereocenters. The van der Waals surface area contributed by atoms with Gasteiger partial charge in [0.2, 0.25) is 11.7 Å². The van der Waals surface area contributed by atoms with E-state index in [1.54, 1.807) is 0 Å². The number of ether oxygens (including phenoxy) is 1. The minimum Gasteiger partial charge on any atom is -0.388 e. The van der Waals surface area contributed by atoms with Crippen molar-refractivity contribution in [1.29, 1.82) is 0 Å². The number of hydrogen-bond acceptors (Lipinski definition) is 8. The van der Waals surface area contributed by atoms with Crippen molar-refractivity contribution in [2.75, 3.05) is 12.3 Å². The van der Waals surface area contributed by atoms with Gasteiger partial charge in [0.25, 0.3) is 0 Å². The number of nitrogens with zero attached hydrogens (tertiary/aromatic N) is 7. The first-order valence-electron chi connectivity index (χ1n) is 6.28. The predicted octanol–water partition coefficient (Wildman–Crippen LogP) is -1.60. The van der Waals surface area contributed by atoms with E-state index >= 15 is 0 Å². The molecule has 1 aliphatic rings. The molecule has 22 heavy (non-hydrogen) atoms. The Labute approximate surface area is 122 Å². The zero-order valence-electron chi connectivity index (χ0n) is 11.1. The van der Waals surface area contributed by atoms with E-state index < -0.39 is 30.2 Å². The standard InChI is InChI=1S/C10H12N8O4/c11-8-14-9-17(1-2-18(9)10(21)15-8)7-6(20)5(19)4(22-7)3-13-16-12/h1-2,4-7,19-20H,3H2,(H2,11,15,21). The zero-order valence-corrected chi connectivity index (χ0v) is 11.1. The predicted molar refractivity (Wildman–Crippen MR) is 71.6 cm³/mol. The molecule has 2 aromatic rings. The lowest BCUT2D eigenvalue weighted by molar-refractivity contribution is -0.0321. The SMILES string of the molecule is [N-]=[N+]=NCC1OC(n2ccn3c(=O)nc(N)nc23)C(O)C1O. The summed E-state index contributed by atoms with van der Waals surface area (Å²) in [5, 5.41) is 23.4. The van der Waals surface area contributed by atoms with Crippen molar-refractivity contribution in [3.8, 4) is 0 Å². The molecule has 0 spiro atoms. The lowest BCUT2D eigenvalue weighted by Crippen LogP contribution is -2.32. The first kappa shape index (κ1) is 14.3. The molecule has 0 amide bonds. The van der Waals surface area contributed by atoms with E-state index in [-0.39, 0.29) is 18.3 Å². The summed E-state index contributed by atoms with van der Waals surface area (Å²) in [6.45, 7) is -0.137. The van der Waals surface area contributed by atoms with Crippen LogP contribution in [-0.2, 0) is 4.74 Å². The van der Waals surface area contributed by atoms with Crippen molar-refractivity contribution < 1.29 is 14.9 Å². The Bertz CT molecular complexity index is 809. The molecule has 3 rings (SSSR count). The largest absolute Gasteiger partial charge is 0.388 e. The second-order valence-electron chi connectivity index (χ2n) is 4.70. The van der Waals surface area contributed by atoms with Crippen LogP contribution in [0.1, 0.15) is 6.23 Å². The van der Waals surface area contributed by atoms with Gasteiger partial charge in [-0.1, -0.05) is 5.11 Å². The van der Waals surface area contributed by atoms with E-state index in [0.717, 1.165) is 4.40 Å². The molecular formula is C10H12N8O4. The molecule has 3 heterocycles. The average Bonchev–Trinajstić information content (AvgIpc) is 3.00. The summed E-state index contributed by atoms with van der Waals surface area (Å²) in [6, 6.07) is 0. The first-order chi connectivity index (χ1) is 10.5. The molecule has 0 bridgehead atoms. The van der Waals surface area contributed by atoms with Gasteiger partial charge in [0.1, 0.15) is 12.2 Å². The van der Waals surface area contributed by atoms with E-state index in [2.05, 4.69) is 20.0 Å². The summed E-state index contributed by atoms with van der Waals surface area (Å²) in [4.78, 5) is 21.7.